The monoisotopic (exact) mass is 351 g/mol. The predicted octanol–water partition coefficient (Wildman–Crippen LogP) is 3.71. The van der Waals surface area contributed by atoms with Crippen molar-refractivity contribution >= 4 is 22.2 Å². The summed E-state index contributed by atoms with van der Waals surface area (Å²) in [6.45, 7) is 0. The van der Waals surface area contributed by atoms with Crippen LogP contribution in [0.4, 0.5) is 26.3 Å². The Kier molecular flexibility index (Phi) is 4.43. The van der Waals surface area contributed by atoms with Crippen LogP contribution in [-0.2, 0) is 11.5 Å². The maximum absolute atomic E-state index is 12.7. The van der Waals surface area contributed by atoms with Crippen molar-refractivity contribution in [2.24, 2.45) is 0 Å². The van der Waals surface area contributed by atoms with Crippen LogP contribution in [0.25, 0.3) is 0 Å². The van der Waals surface area contributed by atoms with E-state index >= 15 is 0 Å². The molecule has 0 fully saturated rings. The first kappa shape index (κ1) is 15.7. The van der Waals surface area contributed by atoms with E-state index in [1.54, 1.807) is 0 Å². The molecule has 3 nitrogen and oxygen atoms in total. The second kappa shape index (κ2) is 5.35. The first-order chi connectivity index (χ1) is 8.58. The van der Waals surface area contributed by atoms with Gasteiger partial charge in [-0.2, -0.15) is 13.2 Å². The predicted molar refractivity (Wildman–Crippen MR) is 53.9 cm³/mol. The van der Waals surface area contributed by atoms with Gasteiger partial charge in [0, 0.05) is 11.4 Å². The summed E-state index contributed by atoms with van der Waals surface area (Å²) in [5, 5.41) is -0.417. The van der Waals surface area contributed by atoms with E-state index in [0.717, 1.165) is 0 Å². The number of hydrogen-bond donors (Lipinski definition) is 0. The SMILES string of the molecule is O=Cc1nc(OC(F)(F)F)cc(CBr)c1C(F)(F)F. The molecule has 0 saturated heterocycles. The average molecular weight is 352 g/mol. The number of aromatic nitrogens is 1. The van der Waals surface area contributed by atoms with Crippen LogP contribution in [0, 0.1) is 0 Å². The van der Waals surface area contributed by atoms with Crippen molar-refractivity contribution in [2.75, 3.05) is 0 Å². The fraction of sp³-hybridized carbons (Fsp3) is 0.333. The van der Waals surface area contributed by atoms with Gasteiger partial charge in [-0.05, 0) is 5.56 Å². The highest BCUT2D eigenvalue weighted by Crippen LogP contribution is 2.36. The van der Waals surface area contributed by atoms with Crippen LogP contribution in [0.2, 0.25) is 0 Å². The number of aldehydes is 1. The molecule has 0 unspecified atom stereocenters. The highest BCUT2D eigenvalue weighted by Gasteiger charge is 2.38. The number of ether oxygens (including phenoxy) is 1. The quantitative estimate of drug-likeness (QED) is 0.473. The van der Waals surface area contributed by atoms with Crippen molar-refractivity contribution in [2.45, 2.75) is 17.9 Å². The Balaban J connectivity index is 3.41. The first-order valence-electron chi connectivity index (χ1n) is 4.46. The van der Waals surface area contributed by atoms with E-state index < -0.39 is 40.6 Å². The Hall–Kier alpha value is -1.32. The molecule has 0 aliphatic carbocycles. The molecule has 0 spiro atoms. The highest BCUT2D eigenvalue weighted by atomic mass is 79.9. The number of carbonyl (C=O) groups excluding carboxylic acids is 1. The van der Waals surface area contributed by atoms with Gasteiger partial charge in [-0.3, -0.25) is 4.79 Å². The van der Waals surface area contributed by atoms with Gasteiger partial charge in [0.1, 0.15) is 5.69 Å². The standard InChI is InChI=1S/C9H4BrF6NO2/c10-2-4-1-6(19-9(14,15)16)17-5(3-18)7(4)8(11,12)13/h1,3H,2H2. The molecule has 1 aromatic rings. The number of rotatable bonds is 3. The molecule has 0 saturated carbocycles. The third-order valence-electron chi connectivity index (χ3n) is 1.86. The lowest BCUT2D eigenvalue weighted by Gasteiger charge is -2.15. The average Bonchev–Trinajstić information content (AvgIpc) is 2.23. The smallest absolute Gasteiger partial charge is 0.388 e. The highest BCUT2D eigenvalue weighted by molar-refractivity contribution is 9.08. The summed E-state index contributed by atoms with van der Waals surface area (Å²) in [6, 6.07) is 0.470. The minimum atomic E-state index is -5.11. The molecule has 0 aromatic carbocycles. The largest absolute Gasteiger partial charge is 0.574 e. The van der Waals surface area contributed by atoms with Crippen LogP contribution in [0.1, 0.15) is 21.6 Å². The summed E-state index contributed by atoms with van der Waals surface area (Å²) < 4.78 is 77.3. The fourth-order valence-corrected chi connectivity index (χ4v) is 1.72. The van der Waals surface area contributed by atoms with Gasteiger partial charge in [0.15, 0.2) is 6.29 Å². The van der Waals surface area contributed by atoms with Crippen LogP contribution >= 0.6 is 15.9 Å². The zero-order valence-electron chi connectivity index (χ0n) is 8.77. The molecule has 0 aliphatic heterocycles. The second-order valence-electron chi connectivity index (χ2n) is 3.18. The number of pyridine rings is 1. The Morgan fingerprint density at radius 3 is 2.21 bits per heavy atom. The molecular weight excluding hydrogens is 348 g/mol. The Labute approximate surface area is 110 Å². The molecule has 1 rings (SSSR count). The third-order valence-corrected chi connectivity index (χ3v) is 2.47. The van der Waals surface area contributed by atoms with Crippen molar-refractivity contribution in [1.82, 2.24) is 4.98 Å². The van der Waals surface area contributed by atoms with E-state index in [1.165, 1.54) is 0 Å². The normalized spacial score (nSPS) is 12.4. The summed E-state index contributed by atoms with van der Waals surface area (Å²) in [5.74, 6) is -1.13. The topological polar surface area (TPSA) is 39.2 Å². The lowest BCUT2D eigenvalue weighted by Crippen LogP contribution is -2.20. The van der Waals surface area contributed by atoms with Gasteiger partial charge in [-0.25, -0.2) is 4.98 Å². The lowest BCUT2D eigenvalue weighted by atomic mass is 10.1. The number of carbonyl (C=O) groups is 1. The zero-order chi connectivity index (χ0) is 14.8. The zero-order valence-corrected chi connectivity index (χ0v) is 10.4. The number of hydrogen-bond acceptors (Lipinski definition) is 3. The van der Waals surface area contributed by atoms with Gasteiger partial charge in [0.2, 0.25) is 5.88 Å². The maximum Gasteiger partial charge on any atom is 0.574 e. The minimum Gasteiger partial charge on any atom is -0.388 e. The van der Waals surface area contributed by atoms with Crippen molar-refractivity contribution in [3.8, 4) is 5.88 Å². The molecule has 0 aliphatic rings. The van der Waals surface area contributed by atoms with E-state index in [2.05, 4.69) is 25.7 Å². The van der Waals surface area contributed by atoms with E-state index in [9.17, 15) is 31.1 Å². The molecule has 106 valence electrons. The fourth-order valence-electron chi connectivity index (χ4n) is 1.28. The summed E-state index contributed by atoms with van der Waals surface area (Å²) >= 11 is 2.70. The minimum absolute atomic E-state index is 0.280. The van der Waals surface area contributed by atoms with Crippen LogP contribution in [-0.4, -0.2) is 17.6 Å². The van der Waals surface area contributed by atoms with Crippen molar-refractivity contribution in [1.29, 1.82) is 0 Å². The van der Waals surface area contributed by atoms with Gasteiger partial charge >= 0.3 is 12.5 Å². The molecule has 1 heterocycles. The maximum atomic E-state index is 12.7. The van der Waals surface area contributed by atoms with E-state index in [0.29, 0.717) is 6.07 Å². The summed E-state index contributed by atoms with van der Waals surface area (Å²) in [4.78, 5) is 13.4. The van der Waals surface area contributed by atoms with E-state index in [-0.39, 0.29) is 6.29 Å². The Morgan fingerprint density at radius 2 is 1.84 bits per heavy atom. The van der Waals surface area contributed by atoms with Crippen molar-refractivity contribution in [3.05, 3.63) is 22.9 Å². The molecule has 10 heteroatoms. The van der Waals surface area contributed by atoms with Gasteiger partial charge in [-0.15, -0.1) is 13.2 Å². The Morgan fingerprint density at radius 1 is 1.26 bits per heavy atom. The summed E-state index contributed by atoms with van der Waals surface area (Å²) in [7, 11) is 0. The van der Waals surface area contributed by atoms with Crippen LogP contribution in [0.15, 0.2) is 6.07 Å². The van der Waals surface area contributed by atoms with Crippen molar-refractivity contribution in [3.63, 3.8) is 0 Å². The van der Waals surface area contributed by atoms with Crippen LogP contribution in [0.5, 0.6) is 5.88 Å². The van der Waals surface area contributed by atoms with Crippen LogP contribution in [0.3, 0.4) is 0 Å². The molecule has 1 aromatic heterocycles. The summed E-state index contributed by atoms with van der Waals surface area (Å²) in [5.41, 5.74) is -3.14. The molecule has 0 radical (unpaired) electrons. The molecular formula is C9H4BrF6NO2. The van der Waals surface area contributed by atoms with Gasteiger partial charge < -0.3 is 4.74 Å². The second-order valence-corrected chi connectivity index (χ2v) is 3.74. The number of halogens is 7. The van der Waals surface area contributed by atoms with Gasteiger partial charge in [0.05, 0.1) is 5.56 Å². The van der Waals surface area contributed by atoms with E-state index in [4.69, 9.17) is 0 Å². The number of nitrogens with zero attached hydrogens (tertiary/aromatic N) is 1. The number of alkyl halides is 7. The third kappa shape index (κ3) is 4.08. The van der Waals surface area contributed by atoms with Gasteiger partial charge in [-0.1, -0.05) is 15.9 Å². The molecule has 19 heavy (non-hydrogen) atoms. The van der Waals surface area contributed by atoms with Crippen LogP contribution < -0.4 is 4.74 Å². The molecule has 0 amide bonds. The molecule has 0 atom stereocenters. The summed E-state index contributed by atoms with van der Waals surface area (Å²) in [6.07, 6.45) is -10.3. The molecule has 0 bridgehead atoms. The van der Waals surface area contributed by atoms with E-state index in [1.807, 2.05) is 0 Å². The Bertz CT molecular complexity index is 485. The lowest BCUT2D eigenvalue weighted by molar-refractivity contribution is -0.276. The van der Waals surface area contributed by atoms with Crippen molar-refractivity contribution < 1.29 is 35.9 Å². The molecule has 0 N–H and O–H groups in total. The van der Waals surface area contributed by atoms with Gasteiger partial charge in [0.25, 0.3) is 0 Å². The first-order valence-corrected chi connectivity index (χ1v) is 5.58.